The molecule has 0 aliphatic carbocycles. The number of ether oxygens (including phenoxy) is 1. The van der Waals surface area contributed by atoms with E-state index in [4.69, 9.17) is 9.84 Å². The van der Waals surface area contributed by atoms with Gasteiger partial charge in [0.15, 0.2) is 0 Å². The van der Waals surface area contributed by atoms with Crippen molar-refractivity contribution in [1.82, 2.24) is 4.98 Å². The summed E-state index contributed by atoms with van der Waals surface area (Å²) in [6.07, 6.45) is 4.73. The fraction of sp³-hybridized carbons (Fsp3) is 0.294. The van der Waals surface area contributed by atoms with Crippen molar-refractivity contribution in [3.8, 4) is 5.75 Å². The normalized spacial score (nSPS) is 11.1. The first kappa shape index (κ1) is 15.0. The zero-order chi connectivity index (χ0) is 15.2. The van der Waals surface area contributed by atoms with E-state index in [2.05, 4.69) is 11.9 Å². The van der Waals surface area contributed by atoms with E-state index in [0.717, 1.165) is 41.1 Å². The minimum Gasteiger partial charge on any atom is -0.494 e. The van der Waals surface area contributed by atoms with Crippen LogP contribution in [0.15, 0.2) is 30.3 Å². The number of aliphatic carboxylic acids is 1. The molecule has 4 nitrogen and oxygen atoms in total. The Kier molecular flexibility index (Phi) is 4.93. The summed E-state index contributed by atoms with van der Waals surface area (Å²) in [7, 11) is 0. The molecule has 0 spiro atoms. The van der Waals surface area contributed by atoms with Crippen molar-refractivity contribution in [3.63, 3.8) is 0 Å². The number of carboxylic acids is 1. The van der Waals surface area contributed by atoms with Gasteiger partial charge in [-0.15, -0.1) is 0 Å². The third-order valence-corrected chi connectivity index (χ3v) is 3.17. The van der Waals surface area contributed by atoms with Crippen LogP contribution in [0.25, 0.3) is 17.0 Å². The summed E-state index contributed by atoms with van der Waals surface area (Å²) in [4.78, 5) is 15.0. The van der Waals surface area contributed by atoms with Crippen LogP contribution in [0.5, 0.6) is 5.75 Å². The molecular formula is C17H19NO3. The topological polar surface area (TPSA) is 59.4 Å². The zero-order valence-corrected chi connectivity index (χ0v) is 12.3. The Hall–Kier alpha value is -2.36. The van der Waals surface area contributed by atoms with Gasteiger partial charge in [0.05, 0.1) is 17.8 Å². The van der Waals surface area contributed by atoms with Crippen molar-refractivity contribution in [1.29, 1.82) is 0 Å². The number of unbranched alkanes of at least 4 members (excludes halogenated alkanes) is 1. The number of fused-ring (bicyclic) bond motifs is 1. The number of rotatable bonds is 6. The van der Waals surface area contributed by atoms with Crippen LogP contribution in [0, 0.1) is 6.92 Å². The molecule has 0 amide bonds. The Morgan fingerprint density at radius 3 is 2.90 bits per heavy atom. The molecule has 110 valence electrons. The highest BCUT2D eigenvalue weighted by atomic mass is 16.5. The van der Waals surface area contributed by atoms with E-state index in [1.54, 1.807) is 0 Å². The predicted molar refractivity (Wildman–Crippen MR) is 83.6 cm³/mol. The molecule has 1 aromatic heterocycles. The Morgan fingerprint density at radius 1 is 1.38 bits per heavy atom. The van der Waals surface area contributed by atoms with Crippen molar-refractivity contribution in [3.05, 3.63) is 41.6 Å². The Morgan fingerprint density at radius 2 is 2.19 bits per heavy atom. The number of aryl methyl sites for hydroxylation is 1. The highest BCUT2D eigenvalue weighted by Crippen LogP contribution is 2.24. The third kappa shape index (κ3) is 4.05. The molecule has 0 radical (unpaired) electrons. The third-order valence-electron chi connectivity index (χ3n) is 3.17. The minimum absolute atomic E-state index is 0.641. The Bertz CT molecular complexity index is 677. The molecule has 1 aromatic carbocycles. The van der Waals surface area contributed by atoms with Crippen LogP contribution in [-0.2, 0) is 4.79 Å². The lowest BCUT2D eigenvalue weighted by Gasteiger charge is -2.08. The van der Waals surface area contributed by atoms with E-state index in [0.29, 0.717) is 12.3 Å². The van der Waals surface area contributed by atoms with Gasteiger partial charge in [0.25, 0.3) is 0 Å². The maximum absolute atomic E-state index is 10.6. The number of nitrogens with zero attached hydrogens (tertiary/aromatic N) is 1. The van der Waals surface area contributed by atoms with E-state index in [9.17, 15) is 4.79 Å². The molecule has 0 atom stereocenters. The van der Waals surface area contributed by atoms with Crippen molar-refractivity contribution in [2.24, 2.45) is 0 Å². The summed E-state index contributed by atoms with van der Waals surface area (Å²) in [5.41, 5.74) is 2.52. The lowest BCUT2D eigenvalue weighted by Crippen LogP contribution is -1.97. The number of aromatic nitrogens is 1. The van der Waals surface area contributed by atoms with E-state index in [-0.39, 0.29) is 0 Å². The summed E-state index contributed by atoms with van der Waals surface area (Å²) in [6.45, 7) is 4.83. The average Bonchev–Trinajstić information content (AvgIpc) is 2.46. The van der Waals surface area contributed by atoms with Gasteiger partial charge in [-0.2, -0.15) is 0 Å². The number of hydrogen-bond acceptors (Lipinski definition) is 3. The van der Waals surface area contributed by atoms with Crippen molar-refractivity contribution in [2.45, 2.75) is 26.7 Å². The van der Waals surface area contributed by atoms with Gasteiger partial charge in [0.2, 0.25) is 0 Å². The lowest BCUT2D eigenvalue weighted by molar-refractivity contribution is -0.131. The molecule has 0 saturated heterocycles. The maximum atomic E-state index is 10.6. The predicted octanol–water partition coefficient (Wildman–Crippen LogP) is 3.82. The van der Waals surface area contributed by atoms with Gasteiger partial charge in [0.1, 0.15) is 5.75 Å². The largest absolute Gasteiger partial charge is 0.494 e. The van der Waals surface area contributed by atoms with Crippen molar-refractivity contribution >= 4 is 22.9 Å². The minimum atomic E-state index is -0.978. The second-order valence-electron chi connectivity index (χ2n) is 4.92. The highest BCUT2D eigenvalue weighted by molar-refractivity contribution is 5.87. The second kappa shape index (κ2) is 6.88. The van der Waals surface area contributed by atoms with Crippen LogP contribution in [0.2, 0.25) is 0 Å². The van der Waals surface area contributed by atoms with E-state index in [1.165, 1.54) is 6.08 Å². The maximum Gasteiger partial charge on any atom is 0.328 e. The van der Waals surface area contributed by atoms with Gasteiger partial charge in [-0.25, -0.2) is 9.78 Å². The molecule has 0 aliphatic heterocycles. The number of hydrogen-bond donors (Lipinski definition) is 1. The lowest BCUT2D eigenvalue weighted by atomic mass is 10.1. The number of carboxylic acid groups (broad SMARTS) is 1. The molecule has 1 N–H and O–H groups in total. The van der Waals surface area contributed by atoms with Gasteiger partial charge in [-0.1, -0.05) is 13.3 Å². The molecule has 0 unspecified atom stereocenters. The van der Waals surface area contributed by atoms with Crippen LogP contribution >= 0.6 is 0 Å². The summed E-state index contributed by atoms with van der Waals surface area (Å²) in [5.74, 6) is -0.135. The fourth-order valence-electron chi connectivity index (χ4n) is 2.07. The molecule has 2 aromatic rings. The molecule has 0 fully saturated rings. The smallest absolute Gasteiger partial charge is 0.328 e. The molecule has 0 bridgehead atoms. The highest BCUT2D eigenvalue weighted by Gasteiger charge is 2.04. The SMILES string of the molecule is CCCCOc1ccc2nc(/C=C/C(=O)O)cc(C)c2c1. The summed E-state index contributed by atoms with van der Waals surface area (Å²) in [6, 6.07) is 7.66. The van der Waals surface area contributed by atoms with Crippen molar-refractivity contribution < 1.29 is 14.6 Å². The first-order valence-electron chi connectivity index (χ1n) is 7.05. The van der Waals surface area contributed by atoms with Gasteiger partial charge in [-0.05, 0) is 49.2 Å². The van der Waals surface area contributed by atoms with Gasteiger partial charge < -0.3 is 9.84 Å². The van der Waals surface area contributed by atoms with E-state index < -0.39 is 5.97 Å². The average molecular weight is 285 g/mol. The summed E-state index contributed by atoms with van der Waals surface area (Å²) >= 11 is 0. The second-order valence-corrected chi connectivity index (χ2v) is 4.92. The summed E-state index contributed by atoms with van der Waals surface area (Å²) in [5, 5.41) is 9.69. The van der Waals surface area contributed by atoms with E-state index >= 15 is 0 Å². The van der Waals surface area contributed by atoms with Crippen LogP contribution in [0.4, 0.5) is 0 Å². The molecule has 1 heterocycles. The van der Waals surface area contributed by atoms with Crippen LogP contribution in [0.3, 0.4) is 0 Å². The number of pyridine rings is 1. The number of carbonyl (C=O) groups is 1. The molecule has 4 heteroatoms. The van der Waals surface area contributed by atoms with Crippen LogP contribution in [-0.4, -0.2) is 22.7 Å². The standard InChI is InChI=1S/C17H19NO3/c1-3-4-9-21-14-6-7-16-15(11-14)12(2)10-13(18-16)5-8-17(19)20/h5-8,10-11H,3-4,9H2,1-2H3,(H,19,20)/b8-5+. The van der Waals surface area contributed by atoms with Crippen LogP contribution in [0.1, 0.15) is 31.0 Å². The molecule has 0 aliphatic rings. The Labute approximate surface area is 124 Å². The van der Waals surface area contributed by atoms with Gasteiger partial charge in [0, 0.05) is 11.5 Å². The molecule has 2 rings (SSSR count). The Balaban J connectivity index is 2.30. The number of benzene rings is 1. The van der Waals surface area contributed by atoms with E-state index in [1.807, 2.05) is 31.2 Å². The molecule has 21 heavy (non-hydrogen) atoms. The van der Waals surface area contributed by atoms with Gasteiger partial charge in [-0.3, -0.25) is 0 Å². The van der Waals surface area contributed by atoms with Crippen molar-refractivity contribution in [2.75, 3.05) is 6.61 Å². The molecular weight excluding hydrogens is 266 g/mol. The van der Waals surface area contributed by atoms with Crippen LogP contribution < -0.4 is 4.74 Å². The monoisotopic (exact) mass is 285 g/mol. The van der Waals surface area contributed by atoms with Gasteiger partial charge >= 0.3 is 5.97 Å². The molecule has 0 saturated carbocycles. The quantitative estimate of drug-likeness (QED) is 0.647. The fourth-order valence-corrected chi connectivity index (χ4v) is 2.07. The first-order valence-corrected chi connectivity index (χ1v) is 7.05. The zero-order valence-electron chi connectivity index (χ0n) is 12.3. The first-order chi connectivity index (χ1) is 10.1. The summed E-state index contributed by atoms with van der Waals surface area (Å²) < 4.78 is 5.70.